The second-order valence-corrected chi connectivity index (χ2v) is 6.69. The Labute approximate surface area is 129 Å². The summed E-state index contributed by atoms with van der Waals surface area (Å²) >= 11 is 1.31. The predicted octanol–water partition coefficient (Wildman–Crippen LogP) is 1.83. The second kappa shape index (κ2) is 7.61. The zero-order valence-corrected chi connectivity index (χ0v) is 13.2. The highest BCUT2D eigenvalue weighted by molar-refractivity contribution is 7.18. The lowest BCUT2D eigenvalue weighted by Crippen LogP contribution is -2.26. The Bertz CT molecular complexity index is 474. The zero-order valence-electron chi connectivity index (χ0n) is 12.4. The third kappa shape index (κ3) is 4.57. The summed E-state index contributed by atoms with van der Waals surface area (Å²) in [5.41, 5.74) is 5.82. The molecule has 21 heavy (non-hydrogen) atoms. The first kappa shape index (κ1) is 16.0. The van der Waals surface area contributed by atoms with Gasteiger partial charge in [0, 0.05) is 19.2 Å². The van der Waals surface area contributed by atoms with Crippen LogP contribution in [0.2, 0.25) is 0 Å². The lowest BCUT2D eigenvalue weighted by Gasteiger charge is -2.25. The molecule has 2 rings (SSSR count). The molecule has 1 aromatic rings. The van der Waals surface area contributed by atoms with Gasteiger partial charge in [0.1, 0.15) is 10.7 Å². The first-order valence-corrected chi connectivity index (χ1v) is 8.33. The number of anilines is 2. The first-order valence-electron chi connectivity index (χ1n) is 7.52. The van der Waals surface area contributed by atoms with Gasteiger partial charge in [0.2, 0.25) is 0 Å². The highest BCUT2D eigenvalue weighted by atomic mass is 32.1. The van der Waals surface area contributed by atoms with Gasteiger partial charge in [-0.25, -0.2) is 4.98 Å². The molecule has 7 heteroatoms. The van der Waals surface area contributed by atoms with Crippen LogP contribution in [0.15, 0.2) is 0 Å². The van der Waals surface area contributed by atoms with Gasteiger partial charge in [0.05, 0.1) is 0 Å². The normalized spacial score (nSPS) is 16.3. The Morgan fingerprint density at radius 1 is 1.57 bits per heavy atom. The summed E-state index contributed by atoms with van der Waals surface area (Å²) in [5, 5.41) is 15.8. The molecular weight excluding hydrogens is 288 g/mol. The average Bonchev–Trinajstić information content (AvgIpc) is 2.79. The molecule has 1 heterocycles. The van der Waals surface area contributed by atoms with E-state index in [1.54, 1.807) is 0 Å². The maximum absolute atomic E-state index is 12.1. The molecule has 1 aromatic heterocycles. The van der Waals surface area contributed by atoms with Crippen molar-refractivity contribution in [3.63, 3.8) is 0 Å². The van der Waals surface area contributed by atoms with Crippen molar-refractivity contribution in [3.8, 4) is 0 Å². The van der Waals surface area contributed by atoms with Crippen LogP contribution in [0.3, 0.4) is 0 Å². The SMILES string of the molecule is CC(CO)CCCNC(=O)c1sc(NC2CCC2)nc1N. The van der Waals surface area contributed by atoms with Gasteiger partial charge in [0.15, 0.2) is 5.13 Å². The topological polar surface area (TPSA) is 100 Å². The van der Waals surface area contributed by atoms with Crippen LogP contribution in [0.5, 0.6) is 0 Å². The lowest BCUT2D eigenvalue weighted by atomic mass is 9.93. The molecule has 0 spiro atoms. The van der Waals surface area contributed by atoms with E-state index in [-0.39, 0.29) is 18.4 Å². The predicted molar refractivity (Wildman–Crippen MR) is 85.6 cm³/mol. The summed E-state index contributed by atoms with van der Waals surface area (Å²) in [6, 6.07) is 0.478. The summed E-state index contributed by atoms with van der Waals surface area (Å²) in [6.07, 6.45) is 5.30. The van der Waals surface area contributed by atoms with Gasteiger partial charge < -0.3 is 21.5 Å². The minimum atomic E-state index is -0.164. The van der Waals surface area contributed by atoms with Crippen LogP contribution in [0.25, 0.3) is 0 Å². The number of nitrogens with one attached hydrogen (secondary N) is 2. The molecule has 1 saturated carbocycles. The Hall–Kier alpha value is -1.34. The van der Waals surface area contributed by atoms with E-state index in [9.17, 15) is 4.79 Å². The summed E-state index contributed by atoms with van der Waals surface area (Å²) in [5.74, 6) is 0.403. The molecule has 0 bridgehead atoms. The number of nitrogens with two attached hydrogens (primary N) is 1. The minimum Gasteiger partial charge on any atom is -0.396 e. The molecule has 1 amide bonds. The van der Waals surface area contributed by atoms with Gasteiger partial charge in [-0.2, -0.15) is 0 Å². The highest BCUT2D eigenvalue weighted by Gasteiger charge is 2.21. The van der Waals surface area contributed by atoms with Crippen molar-refractivity contribution in [1.29, 1.82) is 0 Å². The summed E-state index contributed by atoms with van der Waals surface area (Å²) in [4.78, 5) is 16.8. The van der Waals surface area contributed by atoms with Crippen molar-refractivity contribution in [2.75, 3.05) is 24.2 Å². The number of aliphatic hydroxyl groups is 1. The van der Waals surface area contributed by atoms with Gasteiger partial charge in [-0.3, -0.25) is 4.79 Å². The van der Waals surface area contributed by atoms with Crippen molar-refractivity contribution in [1.82, 2.24) is 10.3 Å². The van der Waals surface area contributed by atoms with E-state index in [1.165, 1.54) is 17.8 Å². The Kier molecular flexibility index (Phi) is 5.81. The van der Waals surface area contributed by atoms with Crippen LogP contribution >= 0.6 is 11.3 Å². The third-order valence-corrected chi connectivity index (χ3v) is 4.76. The van der Waals surface area contributed by atoms with Gasteiger partial charge >= 0.3 is 0 Å². The van der Waals surface area contributed by atoms with Gasteiger partial charge in [-0.15, -0.1) is 0 Å². The van der Waals surface area contributed by atoms with E-state index in [2.05, 4.69) is 15.6 Å². The number of hydrogen-bond acceptors (Lipinski definition) is 6. The molecule has 0 aliphatic heterocycles. The number of nitrogen functional groups attached to an aromatic ring is 1. The van der Waals surface area contributed by atoms with E-state index in [1.807, 2.05) is 6.92 Å². The fourth-order valence-electron chi connectivity index (χ4n) is 2.11. The van der Waals surface area contributed by atoms with E-state index in [0.717, 1.165) is 30.8 Å². The number of nitrogens with zero attached hydrogens (tertiary/aromatic N) is 1. The molecule has 0 aromatic carbocycles. The van der Waals surface area contributed by atoms with Crippen molar-refractivity contribution in [3.05, 3.63) is 4.88 Å². The zero-order chi connectivity index (χ0) is 15.2. The molecule has 1 aliphatic rings. The summed E-state index contributed by atoms with van der Waals surface area (Å²) in [7, 11) is 0. The van der Waals surface area contributed by atoms with Crippen molar-refractivity contribution < 1.29 is 9.90 Å². The fraction of sp³-hybridized carbons (Fsp3) is 0.714. The minimum absolute atomic E-state index is 0.164. The molecule has 1 atom stereocenters. The molecular formula is C14H24N4O2S. The molecule has 118 valence electrons. The molecule has 0 saturated heterocycles. The molecule has 5 N–H and O–H groups in total. The number of carbonyl (C=O) groups excluding carboxylic acids is 1. The largest absolute Gasteiger partial charge is 0.396 e. The van der Waals surface area contributed by atoms with Crippen LogP contribution in [-0.4, -0.2) is 35.2 Å². The molecule has 0 radical (unpaired) electrons. The summed E-state index contributed by atoms with van der Waals surface area (Å²) < 4.78 is 0. The maximum atomic E-state index is 12.1. The maximum Gasteiger partial charge on any atom is 0.265 e. The fourth-order valence-corrected chi connectivity index (χ4v) is 2.99. The van der Waals surface area contributed by atoms with Crippen molar-refractivity contribution in [2.24, 2.45) is 5.92 Å². The Morgan fingerprint density at radius 3 is 2.95 bits per heavy atom. The Morgan fingerprint density at radius 2 is 2.33 bits per heavy atom. The molecule has 6 nitrogen and oxygen atoms in total. The second-order valence-electron chi connectivity index (χ2n) is 5.69. The van der Waals surface area contributed by atoms with Crippen molar-refractivity contribution >= 4 is 28.2 Å². The number of aliphatic hydroxyl groups excluding tert-OH is 1. The van der Waals surface area contributed by atoms with E-state index in [4.69, 9.17) is 10.8 Å². The number of carbonyl (C=O) groups is 1. The van der Waals surface area contributed by atoms with Gasteiger partial charge in [0.25, 0.3) is 5.91 Å². The number of thiazole rings is 1. The molecule has 1 aliphatic carbocycles. The quantitative estimate of drug-likeness (QED) is 0.549. The smallest absolute Gasteiger partial charge is 0.265 e. The van der Waals surface area contributed by atoms with Crippen LogP contribution in [0.1, 0.15) is 48.7 Å². The monoisotopic (exact) mass is 312 g/mol. The number of aromatic nitrogens is 1. The van der Waals surface area contributed by atoms with Crippen LogP contribution < -0.4 is 16.4 Å². The number of rotatable bonds is 8. The molecule has 1 fully saturated rings. The van der Waals surface area contributed by atoms with Crippen molar-refractivity contribution in [2.45, 2.75) is 45.1 Å². The standard InChI is InChI=1S/C14H24N4O2S/c1-9(8-19)4-3-7-16-13(20)11-12(15)18-14(21-11)17-10-5-2-6-10/h9-10,19H,2-8,15H2,1H3,(H,16,20)(H,17,18). The average molecular weight is 312 g/mol. The van der Waals surface area contributed by atoms with E-state index >= 15 is 0 Å². The van der Waals surface area contributed by atoms with E-state index in [0.29, 0.717) is 23.3 Å². The lowest BCUT2D eigenvalue weighted by molar-refractivity contribution is 0.0957. The summed E-state index contributed by atoms with van der Waals surface area (Å²) in [6.45, 7) is 2.76. The van der Waals surface area contributed by atoms with Gasteiger partial charge in [-0.05, 0) is 38.0 Å². The third-order valence-electron chi connectivity index (χ3n) is 3.76. The number of hydrogen-bond donors (Lipinski definition) is 4. The van der Waals surface area contributed by atoms with Crippen LogP contribution in [0, 0.1) is 5.92 Å². The van der Waals surface area contributed by atoms with Crippen LogP contribution in [0.4, 0.5) is 10.9 Å². The highest BCUT2D eigenvalue weighted by Crippen LogP contribution is 2.29. The molecule has 1 unspecified atom stereocenters. The van der Waals surface area contributed by atoms with E-state index < -0.39 is 0 Å². The first-order chi connectivity index (χ1) is 10.1. The number of amides is 1. The van der Waals surface area contributed by atoms with Gasteiger partial charge in [-0.1, -0.05) is 18.3 Å². The Balaban J connectivity index is 1.78. The van der Waals surface area contributed by atoms with Crippen LogP contribution in [-0.2, 0) is 0 Å².